The highest BCUT2D eigenvalue weighted by Gasteiger charge is 2.44. The van der Waals surface area contributed by atoms with E-state index in [1.54, 1.807) is 18.2 Å². The molecule has 2 N–H and O–H groups in total. The van der Waals surface area contributed by atoms with Crippen LogP contribution in [0.3, 0.4) is 0 Å². The van der Waals surface area contributed by atoms with Crippen molar-refractivity contribution in [1.82, 2.24) is 0 Å². The maximum Gasteiger partial charge on any atom is 0.294 e. The van der Waals surface area contributed by atoms with Gasteiger partial charge in [-0.05, 0) is 92.6 Å². The zero-order valence-electron chi connectivity index (χ0n) is 29.0. The number of hydrogen-bond donors (Lipinski definition) is 2. The summed E-state index contributed by atoms with van der Waals surface area (Å²) >= 11 is 0. The summed E-state index contributed by atoms with van der Waals surface area (Å²) in [4.78, 5) is 2.13. The minimum Gasteiger partial charge on any atom is -0.344 e. The molecule has 0 unspecified atom stereocenters. The van der Waals surface area contributed by atoms with E-state index in [1.165, 1.54) is 42.5 Å². The van der Waals surface area contributed by atoms with Crippen LogP contribution in [0.1, 0.15) is 97.1 Å². The van der Waals surface area contributed by atoms with E-state index in [4.69, 9.17) is 0 Å². The molecule has 1 aliphatic carbocycles. The van der Waals surface area contributed by atoms with Crippen LogP contribution < -0.4 is 4.90 Å². The van der Waals surface area contributed by atoms with Crippen molar-refractivity contribution in [2.75, 3.05) is 18.5 Å². The molecule has 10 heteroatoms. The summed E-state index contributed by atoms with van der Waals surface area (Å²) in [6.07, 6.45) is 19.5. The molecule has 8 nitrogen and oxygen atoms in total. The topological polar surface area (TPSA) is 115 Å². The SMILES string of the molecule is CCCCCCCN1C(=CC=C2C=C(C=CC3=[N+](C)c4ccc(S(=O)(=O)O)cc4C3(C)C)CCC2)C(C)(C)c2cc(S(=O)(=O)O)ccc21. The van der Waals surface area contributed by atoms with E-state index < -0.39 is 31.1 Å². The first-order valence-electron chi connectivity index (χ1n) is 16.9. The molecule has 258 valence electrons. The van der Waals surface area contributed by atoms with Gasteiger partial charge >= 0.3 is 0 Å². The number of anilines is 1. The molecule has 0 radical (unpaired) electrons. The van der Waals surface area contributed by atoms with Gasteiger partial charge in [0, 0.05) is 41.1 Å². The number of unbranched alkanes of at least 4 members (excludes halogenated alkanes) is 4. The lowest BCUT2D eigenvalue weighted by molar-refractivity contribution is -0.401. The van der Waals surface area contributed by atoms with Gasteiger partial charge in [-0.25, -0.2) is 0 Å². The van der Waals surface area contributed by atoms with E-state index in [-0.39, 0.29) is 9.79 Å². The van der Waals surface area contributed by atoms with E-state index >= 15 is 0 Å². The first-order chi connectivity index (χ1) is 22.5. The number of rotatable bonds is 11. The smallest absolute Gasteiger partial charge is 0.294 e. The molecule has 48 heavy (non-hydrogen) atoms. The fraction of sp³-hybridized carbons (Fsp3) is 0.447. The van der Waals surface area contributed by atoms with Crippen molar-refractivity contribution in [2.45, 2.75) is 107 Å². The third-order valence-electron chi connectivity index (χ3n) is 10.2. The van der Waals surface area contributed by atoms with Gasteiger partial charge in [0.05, 0.1) is 15.2 Å². The van der Waals surface area contributed by atoms with E-state index in [0.29, 0.717) is 0 Å². The molecule has 2 aromatic rings. The van der Waals surface area contributed by atoms with E-state index in [0.717, 1.165) is 72.6 Å². The lowest BCUT2D eigenvalue weighted by Crippen LogP contribution is -2.27. The Morgan fingerprint density at radius 1 is 0.812 bits per heavy atom. The van der Waals surface area contributed by atoms with Crippen molar-refractivity contribution in [3.8, 4) is 0 Å². The van der Waals surface area contributed by atoms with Crippen molar-refractivity contribution >= 4 is 37.3 Å². The average Bonchev–Trinajstić information content (AvgIpc) is 3.35. The van der Waals surface area contributed by atoms with Crippen molar-refractivity contribution < 1.29 is 30.5 Å². The standard InChI is InChI=1S/C38H48N2O6S2/c1-7-8-9-10-11-23-40-34-20-18-30(48(44,45)46)26-32(34)38(4,5)36(40)22-16-28-14-12-13-27(24-28)15-21-35-37(2,3)31-25-29(47(41,42)43)17-19-33(31)39(35)6/h15-22,24-26H,7-14,23H2,1-6H3,(H-,41,42,43,44,45,46)/p+1. The molecule has 3 aliphatic rings. The van der Waals surface area contributed by atoms with E-state index in [9.17, 15) is 25.9 Å². The summed E-state index contributed by atoms with van der Waals surface area (Å²) in [7, 11) is -6.65. The largest absolute Gasteiger partial charge is 0.344 e. The molecular formula is C38H49N2O6S2+. The Kier molecular flexibility index (Phi) is 10.1. The van der Waals surface area contributed by atoms with Crippen LogP contribution in [-0.2, 0) is 31.1 Å². The summed E-state index contributed by atoms with van der Waals surface area (Å²) in [6.45, 7) is 11.4. The molecule has 0 saturated carbocycles. The summed E-state index contributed by atoms with van der Waals surface area (Å²) < 4.78 is 69.1. The maximum absolute atomic E-state index is 12.0. The molecule has 5 rings (SSSR count). The molecular weight excluding hydrogens is 645 g/mol. The van der Waals surface area contributed by atoms with Gasteiger partial charge in [0.1, 0.15) is 7.05 Å². The van der Waals surface area contributed by atoms with Crippen molar-refractivity contribution in [2.24, 2.45) is 0 Å². The van der Waals surface area contributed by atoms with Gasteiger partial charge in [0.2, 0.25) is 5.69 Å². The second-order valence-electron chi connectivity index (χ2n) is 14.3. The monoisotopic (exact) mass is 693 g/mol. The van der Waals surface area contributed by atoms with Gasteiger partial charge in [-0.3, -0.25) is 9.11 Å². The van der Waals surface area contributed by atoms with Crippen LogP contribution in [0.2, 0.25) is 0 Å². The summed E-state index contributed by atoms with van der Waals surface area (Å²) in [5, 5.41) is 0. The Labute approximate surface area is 286 Å². The molecule has 2 aliphatic heterocycles. The molecule has 0 atom stereocenters. The second kappa shape index (κ2) is 13.5. The Morgan fingerprint density at radius 2 is 1.46 bits per heavy atom. The highest BCUT2D eigenvalue weighted by molar-refractivity contribution is 7.86. The molecule has 0 fully saturated rings. The molecule has 0 spiro atoms. The van der Waals surface area contributed by atoms with Gasteiger partial charge in [-0.2, -0.15) is 21.4 Å². The Balaban J connectivity index is 1.44. The van der Waals surface area contributed by atoms with Gasteiger partial charge in [-0.1, -0.05) is 64.7 Å². The predicted octanol–water partition coefficient (Wildman–Crippen LogP) is 8.43. The van der Waals surface area contributed by atoms with Crippen molar-refractivity contribution in [3.05, 3.63) is 94.7 Å². The normalized spacial score (nSPS) is 20.6. The first-order valence-corrected chi connectivity index (χ1v) is 19.8. The number of fused-ring (bicyclic) bond motifs is 2. The average molecular weight is 694 g/mol. The van der Waals surface area contributed by atoms with Gasteiger partial charge in [0.25, 0.3) is 20.2 Å². The Hall–Kier alpha value is -3.31. The lowest BCUT2D eigenvalue weighted by atomic mass is 9.81. The van der Waals surface area contributed by atoms with Gasteiger partial charge in [-0.15, -0.1) is 0 Å². The zero-order valence-corrected chi connectivity index (χ0v) is 30.6. The van der Waals surface area contributed by atoms with Crippen LogP contribution in [0.5, 0.6) is 0 Å². The summed E-state index contributed by atoms with van der Waals surface area (Å²) in [5.74, 6) is 0. The van der Waals surface area contributed by atoms with Crippen LogP contribution in [-0.4, -0.2) is 49.8 Å². The quantitative estimate of drug-likeness (QED) is 0.138. The lowest BCUT2D eigenvalue weighted by Gasteiger charge is -2.27. The number of benzene rings is 2. The third-order valence-corrected chi connectivity index (χ3v) is 11.9. The molecule has 0 saturated heterocycles. The fourth-order valence-corrected chi connectivity index (χ4v) is 8.43. The van der Waals surface area contributed by atoms with Crippen LogP contribution in [0.15, 0.2) is 93.4 Å². The third kappa shape index (κ3) is 7.18. The molecule has 0 bridgehead atoms. The molecule has 0 aromatic heterocycles. The van der Waals surface area contributed by atoms with Crippen molar-refractivity contribution in [1.29, 1.82) is 0 Å². The Bertz CT molecular complexity index is 1980. The highest BCUT2D eigenvalue weighted by Crippen LogP contribution is 2.49. The minimum absolute atomic E-state index is 0.0839. The fourth-order valence-electron chi connectivity index (χ4n) is 7.42. The van der Waals surface area contributed by atoms with Gasteiger partial charge in [0.15, 0.2) is 5.71 Å². The van der Waals surface area contributed by atoms with Crippen LogP contribution in [0.4, 0.5) is 11.4 Å². The number of allylic oxidation sites excluding steroid dienone is 8. The highest BCUT2D eigenvalue weighted by atomic mass is 32.2. The zero-order chi connectivity index (χ0) is 35.1. The summed E-state index contributed by atoms with van der Waals surface area (Å²) in [6, 6.07) is 9.68. The first kappa shape index (κ1) is 36.0. The van der Waals surface area contributed by atoms with E-state index in [2.05, 4.69) is 74.5 Å². The molecule has 2 heterocycles. The predicted molar refractivity (Wildman–Crippen MR) is 193 cm³/mol. The van der Waals surface area contributed by atoms with Crippen LogP contribution in [0.25, 0.3) is 0 Å². The minimum atomic E-state index is -4.32. The second-order valence-corrected chi connectivity index (χ2v) is 17.1. The molecule has 0 amide bonds. The molecule has 2 aromatic carbocycles. The maximum atomic E-state index is 12.0. The van der Waals surface area contributed by atoms with Crippen molar-refractivity contribution in [3.63, 3.8) is 0 Å². The van der Waals surface area contributed by atoms with Crippen LogP contribution in [0, 0.1) is 0 Å². The van der Waals surface area contributed by atoms with Crippen LogP contribution >= 0.6 is 0 Å². The number of nitrogens with zero attached hydrogens (tertiary/aromatic N) is 2. The summed E-state index contributed by atoms with van der Waals surface area (Å²) in [5.41, 5.74) is 7.28. The van der Waals surface area contributed by atoms with Gasteiger partial charge < -0.3 is 4.90 Å². The number of hydrogen-bond acceptors (Lipinski definition) is 5. The Morgan fingerprint density at radius 3 is 2.12 bits per heavy atom. The van der Waals surface area contributed by atoms with E-state index in [1.807, 2.05) is 13.1 Å².